The van der Waals surface area contributed by atoms with E-state index in [0.717, 1.165) is 10.9 Å². The Kier molecular flexibility index (Phi) is 3.67. The number of aromatic nitrogens is 4. The number of hydrogen-bond acceptors (Lipinski definition) is 5. The summed E-state index contributed by atoms with van der Waals surface area (Å²) in [6.07, 6.45) is -3.79. The molecule has 0 bridgehead atoms. The lowest BCUT2D eigenvalue weighted by atomic mass is 10.2. The Balaban J connectivity index is 2.13. The van der Waals surface area contributed by atoms with Crippen LogP contribution in [-0.4, -0.2) is 45.4 Å². The number of aryl methyl sites for hydroxylation is 1. The molecule has 0 radical (unpaired) electrons. The van der Waals surface area contributed by atoms with Crippen molar-refractivity contribution in [2.45, 2.75) is 32.5 Å². The van der Waals surface area contributed by atoms with Gasteiger partial charge in [-0.15, -0.1) is 5.10 Å². The number of ether oxygens (including phenoxy) is 1. The van der Waals surface area contributed by atoms with Gasteiger partial charge in [-0.3, -0.25) is 0 Å². The first kappa shape index (κ1) is 15.0. The molecule has 1 fully saturated rings. The van der Waals surface area contributed by atoms with Gasteiger partial charge >= 0.3 is 6.18 Å². The molecule has 0 aromatic carbocycles. The number of alkyl halides is 3. The van der Waals surface area contributed by atoms with Crippen LogP contribution in [0.25, 0.3) is 5.78 Å². The van der Waals surface area contributed by atoms with Crippen LogP contribution in [0.15, 0.2) is 6.07 Å². The molecule has 0 amide bonds. The monoisotopic (exact) mass is 315 g/mol. The summed E-state index contributed by atoms with van der Waals surface area (Å²) >= 11 is 0. The number of halogens is 3. The average molecular weight is 315 g/mol. The Morgan fingerprint density at radius 2 is 2.09 bits per heavy atom. The molecule has 3 rings (SSSR count). The Morgan fingerprint density at radius 3 is 2.82 bits per heavy atom. The fourth-order valence-electron chi connectivity index (χ4n) is 2.53. The van der Waals surface area contributed by atoms with Gasteiger partial charge in [-0.05, 0) is 20.3 Å². The maximum absolute atomic E-state index is 12.8. The van der Waals surface area contributed by atoms with E-state index < -0.39 is 12.0 Å². The second-order valence-corrected chi connectivity index (χ2v) is 5.37. The second-order valence-electron chi connectivity index (χ2n) is 5.37. The van der Waals surface area contributed by atoms with E-state index in [-0.39, 0.29) is 11.8 Å². The number of anilines is 1. The van der Waals surface area contributed by atoms with E-state index in [9.17, 15) is 13.2 Å². The van der Waals surface area contributed by atoms with Gasteiger partial charge in [0, 0.05) is 24.9 Å². The van der Waals surface area contributed by atoms with E-state index in [4.69, 9.17) is 4.74 Å². The number of nitrogens with zero attached hydrogens (tertiary/aromatic N) is 5. The van der Waals surface area contributed by atoms with E-state index >= 15 is 0 Å². The number of hydrogen-bond donors (Lipinski definition) is 0. The fourth-order valence-corrected chi connectivity index (χ4v) is 2.53. The van der Waals surface area contributed by atoms with Crippen molar-refractivity contribution in [3.8, 4) is 0 Å². The largest absolute Gasteiger partial charge is 0.453 e. The molecule has 22 heavy (non-hydrogen) atoms. The molecule has 120 valence electrons. The van der Waals surface area contributed by atoms with E-state index in [2.05, 4.69) is 15.1 Å². The van der Waals surface area contributed by atoms with Crippen molar-refractivity contribution < 1.29 is 17.9 Å². The fraction of sp³-hybridized carbons (Fsp3) is 0.615. The van der Waals surface area contributed by atoms with Crippen LogP contribution in [0.2, 0.25) is 0 Å². The van der Waals surface area contributed by atoms with Gasteiger partial charge in [-0.2, -0.15) is 22.7 Å². The van der Waals surface area contributed by atoms with E-state index in [1.807, 2.05) is 11.8 Å². The summed E-state index contributed by atoms with van der Waals surface area (Å²) in [5.41, 5.74) is 0.598. The predicted molar refractivity (Wildman–Crippen MR) is 72.8 cm³/mol. The molecule has 1 aliphatic rings. The van der Waals surface area contributed by atoms with E-state index in [1.54, 1.807) is 13.0 Å². The average Bonchev–Trinajstić information content (AvgIpc) is 2.74. The molecular weight excluding hydrogens is 299 g/mol. The minimum Gasteiger partial charge on any atom is -0.379 e. The van der Waals surface area contributed by atoms with Crippen molar-refractivity contribution in [2.24, 2.45) is 0 Å². The molecule has 0 aliphatic carbocycles. The van der Waals surface area contributed by atoms with Crippen LogP contribution >= 0.6 is 0 Å². The lowest BCUT2D eigenvalue weighted by Gasteiger charge is -2.28. The van der Waals surface area contributed by atoms with Gasteiger partial charge < -0.3 is 9.64 Å². The molecule has 0 N–H and O–H groups in total. The van der Waals surface area contributed by atoms with Crippen molar-refractivity contribution in [2.75, 3.05) is 24.7 Å². The number of rotatable bonds is 1. The summed E-state index contributed by atoms with van der Waals surface area (Å²) in [6.45, 7) is 5.53. The Hall–Kier alpha value is -1.90. The predicted octanol–water partition coefficient (Wildman–Crippen LogP) is 2.07. The van der Waals surface area contributed by atoms with Crippen LogP contribution in [0.1, 0.15) is 24.9 Å². The third-order valence-electron chi connectivity index (χ3n) is 3.55. The van der Waals surface area contributed by atoms with Crippen LogP contribution in [0.4, 0.5) is 19.0 Å². The standard InChI is InChI=1S/C13H16F3N5O/c1-8-6-10(20-4-3-5-22-7-9(20)2)21-12(17-8)18-11(19-21)13(14,15)16/h6,9H,3-5,7H2,1-2H3. The van der Waals surface area contributed by atoms with Crippen LogP contribution in [0, 0.1) is 6.92 Å². The molecule has 0 spiro atoms. The molecule has 6 nitrogen and oxygen atoms in total. The molecule has 1 saturated heterocycles. The maximum atomic E-state index is 12.8. The first-order valence-electron chi connectivity index (χ1n) is 7.02. The summed E-state index contributed by atoms with van der Waals surface area (Å²) in [5, 5.41) is 3.60. The van der Waals surface area contributed by atoms with Gasteiger partial charge in [0.05, 0.1) is 12.6 Å². The van der Waals surface area contributed by atoms with Gasteiger partial charge in [0.2, 0.25) is 0 Å². The van der Waals surface area contributed by atoms with Crippen LogP contribution < -0.4 is 4.90 Å². The highest BCUT2D eigenvalue weighted by molar-refractivity contribution is 5.48. The third kappa shape index (κ3) is 2.72. The zero-order chi connectivity index (χ0) is 15.9. The minimum absolute atomic E-state index is 0.0334. The van der Waals surface area contributed by atoms with Crippen molar-refractivity contribution in [1.29, 1.82) is 0 Å². The lowest BCUT2D eigenvalue weighted by molar-refractivity contribution is -0.144. The Labute approximate surface area is 124 Å². The highest BCUT2D eigenvalue weighted by atomic mass is 19.4. The SMILES string of the molecule is Cc1cc(N2CCCOCC2C)n2nc(C(F)(F)F)nc2n1. The van der Waals surface area contributed by atoms with Gasteiger partial charge in [0.1, 0.15) is 5.82 Å². The maximum Gasteiger partial charge on any atom is 0.453 e. The van der Waals surface area contributed by atoms with E-state index in [1.165, 1.54) is 0 Å². The second kappa shape index (κ2) is 5.38. The minimum atomic E-state index is -4.59. The molecule has 9 heteroatoms. The van der Waals surface area contributed by atoms with Crippen LogP contribution in [-0.2, 0) is 10.9 Å². The van der Waals surface area contributed by atoms with E-state index in [0.29, 0.717) is 31.3 Å². The summed E-state index contributed by atoms with van der Waals surface area (Å²) in [7, 11) is 0. The van der Waals surface area contributed by atoms with Gasteiger partial charge in [-0.1, -0.05) is 0 Å². The van der Waals surface area contributed by atoms with Crippen molar-refractivity contribution in [3.05, 3.63) is 17.6 Å². The molecular formula is C13H16F3N5O. The smallest absolute Gasteiger partial charge is 0.379 e. The number of fused-ring (bicyclic) bond motifs is 1. The molecule has 0 saturated carbocycles. The van der Waals surface area contributed by atoms with Gasteiger partial charge in [0.25, 0.3) is 11.6 Å². The zero-order valence-electron chi connectivity index (χ0n) is 12.3. The third-order valence-corrected chi connectivity index (χ3v) is 3.55. The molecule has 1 atom stereocenters. The van der Waals surface area contributed by atoms with Gasteiger partial charge in [0.15, 0.2) is 0 Å². The van der Waals surface area contributed by atoms with Gasteiger partial charge in [-0.25, -0.2) is 4.98 Å². The molecule has 2 aromatic rings. The van der Waals surface area contributed by atoms with Crippen LogP contribution in [0.5, 0.6) is 0 Å². The highest BCUT2D eigenvalue weighted by Gasteiger charge is 2.37. The molecule has 1 unspecified atom stereocenters. The topological polar surface area (TPSA) is 55.6 Å². The summed E-state index contributed by atoms with van der Waals surface area (Å²) < 4.78 is 45.2. The van der Waals surface area contributed by atoms with Crippen molar-refractivity contribution in [1.82, 2.24) is 19.6 Å². The Morgan fingerprint density at radius 1 is 1.32 bits per heavy atom. The molecule has 3 heterocycles. The highest BCUT2D eigenvalue weighted by Crippen LogP contribution is 2.28. The Bertz CT molecular complexity index is 684. The van der Waals surface area contributed by atoms with Crippen molar-refractivity contribution >= 4 is 11.6 Å². The lowest BCUT2D eigenvalue weighted by Crippen LogP contribution is -2.36. The first-order chi connectivity index (χ1) is 10.4. The first-order valence-corrected chi connectivity index (χ1v) is 7.02. The summed E-state index contributed by atoms with van der Waals surface area (Å²) in [6, 6.07) is 1.76. The van der Waals surface area contributed by atoms with Crippen molar-refractivity contribution in [3.63, 3.8) is 0 Å². The quantitative estimate of drug-likeness (QED) is 0.806. The van der Waals surface area contributed by atoms with Crippen LogP contribution in [0.3, 0.4) is 0 Å². The summed E-state index contributed by atoms with van der Waals surface area (Å²) in [4.78, 5) is 9.54. The normalized spacial score (nSPS) is 20.4. The molecule has 2 aromatic heterocycles. The summed E-state index contributed by atoms with van der Waals surface area (Å²) in [5.74, 6) is -0.659. The zero-order valence-corrected chi connectivity index (χ0v) is 12.3. The molecule has 1 aliphatic heterocycles.